The molecule has 2 aromatic heterocycles. The highest BCUT2D eigenvalue weighted by atomic mass is 79.9. The zero-order chi connectivity index (χ0) is 15.0. The first-order valence-corrected chi connectivity index (χ1v) is 7.64. The van der Waals surface area contributed by atoms with Crippen molar-refractivity contribution in [2.45, 2.75) is 6.42 Å². The number of pyridine rings is 1. The standard InChI is InChI=1S/C13H13BrClN3O3/c14-9-3-11(10-4-16-7-18(10)12(9)15)21-6-8-1-2-17(5-8)13(19)20/h3-4,7-8H,1-2,5-6H2,(H,19,20)/t8-/m1/s1. The molecule has 0 unspecified atom stereocenters. The molecule has 0 aliphatic carbocycles. The molecule has 1 atom stereocenters. The van der Waals surface area contributed by atoms with Crippen molar-refractivity contribution < 1.29 is 14.6 Å². The van der Waals surface area contributed by atoms with E-state index in [2.05, 4.69) is 20.9 Å². The molecular formula is C13H13BrClN3O3. The van der Waals surface area contributed by atoms with Gasteiger partial charge in [0.1, 0.15) is 22.7 Å². The Morgan fingerprint density at radius 3 is 3.14 bits per heavy atom. The van der Waals surface area contributed by atoms with Crippen LogP contribution in [0.3, 0.4) is 0 Å². The number of hydrogen-bond acceptors (Lipinski definition) is 3. The molecule has 0 radical (unpaired) electrons. The summed E-state index contributed by atoms with van der Waals surface area (Å²) >= 11 is 9.56. The van der Waals surface area contributed by atoms with Gasteiger partial charge in [0.25, 0.3) is 0 Å². The fraction of sp³-hybridized carbons (Fsp3) is 0.385. The van der Waals surface area contributed by atoms with Crippen LogP contribution >= 0.6 is 27.5 Å². The minimum atomic E-state index is -0.870. The molecule has 6 nitrogen and oxygen atoms in total. The molecule has 3 rings (SSSR count). The van der Waals surface area contributed by atoms with Crippen molar-refractivity contribution in [2.24, 2.45) is 5.92 Å². The van der Waals surface area contributed by atoms with Crippen LogP contribution in [0.25, 0.3) is 5.52 Å². The van der Waals surface area contributed by atoms with E-state index in [9.17, 15) is 4.79 Å². The third-order valence-corrected chi connectivity index (χ3v) is 4.81. The SMILES string of the molecule is O=C(O)N1CC[C@@H](COc2cc(Br)c(Cl)n3cncc23)C1. The number of rotatable bonds is 3. The lowest BCUT2D eigenvalue weighted by atomic mass is 10.1. The Kier molecular flexibility index (Phi) is 3.95. The number of likely N-dealkylation sites (tertiary alicyclic amines) is 1. The normalized spacial score (nSPS) is 18.4. The number of halogens is 2. The molecule has 0 aromatic carbocycles. The molecule has 1 saturated heterocycles. The summed E-state index contributed by atoms with van der Waals surface area (Å²) in [6, 6.07) is 1.81. The van der Waals surface area contributed by atoms with Crippen molar-refractivity contribution in [3.63, 3.8) is 0 Å². The molecule has 0 spiro atoms. The molecule has 21 heavy (non-hydrogen) atoms. The van der Waals surface area contributed by atoms with Gasteiger partial charge in [-0.2, -0.15) is 0 Å². The largest absolute Gasteiger partial charge is 0.491 e. The van der Waals surface area contributed by atoms with E-state index in [1.54, 1.807) is 16.9 Å². The Morgan fingerprint density at radius 1 is 1.62 bits per heavy atom. The zero-order valence-corrected chi connectivity index (χ0v) is 13.3. The number of aromatic nitrogens is 2. The predicted octanol–water partition coefficient (Wildman–Crippen LogP) is 3.13. The van der Waals surface area contributed by atoms with Crippen LogP contribution in [0.1, 0.15) is 6.42 Å². The van der Waals surface area contributed by atoms with Gasteiger partial charge in [-0.05, 0) is 28.4 Å². The number of ether oxygens (including phenoxy) is 1. The predicted molar refractivity (Wildman–Crippen MR) is 81.1 cm³/mol. The highest BCUT2D eigenvalue weighted by Crippen LogP contribution is 2.32. The van der Waals surface area contributed by atoms with Gasteiger partial charge in [-0.25, -0.2) is 9.78 Å². The van der Waals surface area contributed by atoms with Gasteiger partial charge in [0.05, 0.1) is 17.3 Å². The number of hydrogen-bond donors (Lipinski definition) is 1. The maximum atomic E-state index is 10.9. The Labute approximate surface area is 134 Å². The summed E-state index contributed by atoms with van der Waals surface area (Å²) in [6.07, 6.45) is 3.25. The van der Waals surface area contributed by atoms with Crippen molar-refractivity contribution >= 4 is 39.1 Å². The van der Waals surface area contributed by atoms with E-state index in [4.69, 9.17) is 21.4 Å². The second-order valence-electron chi connectivity index (χ2n) is 4.99. The van der Waals surface area contributed by atoms with Crippen LogP contribution < -0.4 is 4.74 Å². The van der Waals surface area contributed by atoms with Crippen LogP contribution in [0.4, 0.5) is 4.79 Å². The average Bonchev–Trinajstić information content (AvgIpc) is 3.10. The van der Waals surface area contributed by atoms with Gasteiger partial charge in [-0.15, -0.1) is 0 Å². The van der Waals surface area contributed by atoms with E-state index < -0.39 is 6.09 Å². The fourth-order valence-corrected chi connectivity index (χ4v) is 3.05. The first-order chi connectivity index (χ1) is 10.1. The van der Waals surface area contributed by atoms with Gasteiger partial charge in [-0.3, -0.25) is 4.40 Å². The maximum absolute atomic E-state index is 10.9. The van der Waals surface area contributed by atoms with Gasteiger partial charge >= 0.3 is 6.09 Å². The summed E-state index contributed by atoms with van der Waals surface area (Å²) in [5.41, 5.74) is 0.788. The molecule has 0 saturated carbocycles. The Bertz CT molecular complexity index is 691. The molecule has 1 aliphatic rings. The summed E-state index contributed by atoms with van der Waals surface area (Å²) in [6.45, 7) is 1.55. The topological polar surface area (TPSA) is 67.1 Å². The summed E-state index contributed by atoms with van der Waals surface area (Å²) in [7, 11) is 0. The number of fused-ring (bicyclic) bond motifs is 1. The lowest BCUT2D eigenvalue weighted by Crippen LogP contribution is -2.27. The van der Waals surface area contributed by atoms with E-state index in [1.807, 2.05) is 6.07 Å². The molecule has 1 N–H and O–H groups in total. The molecule has 3 heterocycles. The minimum absolute atomic E-state index is 0.207. The number of nitrogens with zero attached hydrogens (tertiary/aromatic N) is 3. The average molecular weight is 375 g/mol. The molecule has 2 aromatic rings. The van der Waals surface area contributed by atoms with Gasteiger partial charge in [0.15, 0.2) is 0 Å². The molecule has 0 bridgehead atoms. The van der Waals surface area contributed by atoms with Crippen LogP contribution in [-0.4, -0.2) is 45.2 Å². The molecule has 1 fully saturated rings. The third-order valence-electron chi connectivity index (χ3n) is 3.59. The van der Waals surface area contributed by atoms with E-state index in [0.717, 1.165) is 16.4 Å². The van der Waals surface area contributed by atoms with Crippen LogP contribution in [-0.2, 0) is 0 Å². The lowest BCUT2D eigenvalue weighted by molar-refractivity contribution is 0.151. The highest BCUT2D eigenvalue weighted by molar-refractivity contribution is 9.10. The molecule has 112 valence electrons. The molecular weight excluding hydrogens is 362 g/mol. The van der Waals surface area contributed by atoms with Crippen molar-refractivity contribution in [2.75, 3.05) is 19.7 Å². The van der Waals surface area contributed by atoms with Crippen LogP contribution in [0.5, 0.6) is 5.75 Å². The lowest BCUT2D eigenvalue weighted by Gasteiger charge is -2.14. The second-order valence-corrected chi connectivity index (χ2v) is 6.20. The summed E-state index contributed by atoms with van der Waals surface area (Å²) < 4.78 is 8.32. The molecule has 1 aliphatic heterocycles. The third kappa shape index (κ3) is 2.80. The maximum Gasteiger partial charge on any atom is 0.407 e. The van der Waals surface area contributed by atoms with Crippen molar-refractivity contribution in [1.82, 2.24) is 14.3 Å². The minimum Gasteiger partial charge on any atom is -0.491 e. The van der Waals surface area contributed by atoms with E-state index in [0.29, 0.717) is 30.6 Å². The summed E-state index contributed by atoms with van der Waals surface area (Å²) in [4.78, 5) is 16.4. The van der Waals surface area contributed by atoms with Crippen molar-refractivity contribution in [3.8, 4) is 5.75 Å². The number of imidazole rings is 1. The summed E-state index contributed by atoms with van der Waals surface area (Å²) in [5.74, 6) is 0.885. The van der Waals surface area contributed by atoms with Crippen LogP contribution in [0, 0.1) is 5.92 Å². The van der Waals surface area contributed by atoms with E-state index >= 15 is 0 Å². The summed E-state index contributed by atoms with van der Waals surface area (Å²) in [5, 5.41) is 9.48. The van der Waals surface area contributed by atoms with Gasteiger partial charge < -0.3 is 14.7 Å². The Balaban J connectivity index is 1.73. The number of amides is 1. The van der Waals surface area contributed by atoms with Crippen molar-refractivity contribution in [3.05, 3.63) is 28.2 Å². The molecule has 8 heteroatoms. The number of carboxylic acid groups (broad SMARTS) is 1. The van der Waals surface area contributed by atoms with E-state index in [-0.39, 0.29) is 5.92 Å². The first-order valence-electron chi connectivity index (χ1n) is 6.47. The second kappa shape index (κ2) is 5.73. The van der Waals surface area contributed by atoms with E-state index in [1.165, 1.54) is 4.90 Å². The van der Waals surface area contributed by atoms with Gasteiger partial charge in [0.2, 0.25) is 0 Å². The first kappa shape index (κ1) is 14.5. The van der Waals surface area contributed by atoms with Crippen molar-refractivity contribution in [1.29, 1.82) is 0 Å². The monoisotopic (exact) mass is 373 g/mol. The Morgan fingerprint density at radius 2 is 2.43 bits per heavy atom. The number of carbonyl (C=O) groups is 1. The van der Waals surface area contributed by atoms with Gasteiger partial charge in [0, 0.05) is 19.0 Å². The fourth-order valence-electron chi connectivity index (χ4n) is 2.46. The van der Waals surface area contributed by atoms with Gasteiger partial charge in [-0.1, -0.05) is 11.6 Å². The highest BCUT2D eigenvalue weighted by Gasteiger charge is 2.26. The molecule has 1 amide bonds. The van der Waals surface area contributed by atoms with Crippen LogP contribution in [0.2, 0.25) is 5.15 Å². The smallest absolute Gasteiger partial charge is 0.407 e. The zero-order valence-electron chi connectivity index (χ0n) is 11.0. The van der Waals surface area contributed by atoms with Crippen LogP contribution in [0.15, 0.2) is 23.1 Å². The Hall–Kier alpha value is -1.47. The quantitative estimate of drug-likeness (QED) is 0.838.